The molecule has 1 aliphatic heterocycles. The van der Waals surface area contributed by atoms with E-state index in [1.54, 1.807) is 0 Å². The third-order valence-corrected chi connectivity index (χ3v) is 3.18. The van der Waals surface area contributed by atoms with Crippen LogP contribution in [0.4, 0.5) is 5.69 Å². The van der Waals surface area contributed by atoms with Gasteiger partial charge in [-0.1, -0.05) is 12.1 Å². The molecule has 5 nitrogen and oxygen atoms in total. The zero-order valence-electron chi connectivity index (χ0n) is 10.7. The van der Waals surface area contributed by atoms with Crippen LogP contribution in [0.2, 0.25) is 0 Å². The van der Waals surface area contributed by atoms with Crippen LogP contribution < -0.4 is 10.6 Å². The van der Waals surface area contributed by atoms with Gasteiger partial charge in [0, 0.05) is 18.5 Å². The van der Waals surface area contributed by atoms with Crippen molar-refractivity contribution in [3.8, 4) is 0 Å². The lowest BCUT2D eigenvalue weighted by Gasteiger charge is -2.26. The second-order valence-corrected chi connectivity index (χ2v) is 4.87. The lowest BCUT2D eigenvalue weighted by Crippen LogP contribution is -2.43. The zero-order valence-corrected chi connectivity index (χ0v) is 10.7. The Morgan fingerprint density at radius 3 is 2.79 bits per heavy atom. The number of aryl methyl sites for hydroxylation is 1. The molecule has 0 radical (unpaired) electrons. The number of carboxylic acids is 1. The fourth-order valence-corrected chi connectivity index (χ4v) is 2.02. The van der Waals surface area contributed by atoms with Gasteiger partial charge in [-0.15, -0.1) is 0 Å². The maximum absolute atomic E-state index is 11.8. The molecule has 1 aliphatic rings. The van der Waals surface area contributed by atoms with Crippen LogP contribution in [0.5, 0.6) is 0 Å². The lowest BCUT2D eigenvalue weighted by molar-refractivity contribution is -0.137. The second-order valence-electron chi connectivity index (χ2n) is 4.87. The number of aliphatic carboxylic acids is 1. The SMILES string of the molecule is O=C(O)CCc1cccc(NC(=O)CC2CNC2)c1. The van der Waals surface area contributed by atoms with Gasteiger partial charge < -0.3 is 15.7 Å². The van der Waals surface area contributed by atoms with Gasteiger partial charge in [-0.25, -0.2) is 0 Å². The fourth-order valence-electron chi connectivity index (χ4n) is 2.02. The van der Waals surface area contributed by atoms with Crippen LogP contribution in [0.15, 0.2) is 24.3 Å². The lowest BCUT2D eigenvalue weighted by atomic mass is 9.99. The Kier molecular flexibility index (Phi) is 4.52. The normalized spacial score (nSPS) is 14.7. The van der Waals surface area contributed by atoms with Crippen molar-refractivity contribution in [2.24, 2.45) is 5.92 Å². The molecule has 0 aromatic heterocycles. The summed E-state index contributed by atoms with van der Waals surface area (Å²) in [5.41, 5.74) is 1.66. The molecule has 0 bridgehead atoms. The highest BCUT2D eigenvalue weighted by molar-refractivity contribution is 5.91. The summed E-state index contributed by atoms with van der Waals surface area (Å²) in [4.78, 5) is 22.3. The van der Waals surface area contributed by atoms with Crippen molar-refractivity contribution in [3.63, 3.8) is 0 Å². The van der Waals surface area contributed by atoms with Crippen LogP contribution in [0.3, 0.4) is 0 Å². The molecule has 2 rings (SSSR count). The van der Waals surface area contributed by atoms with Gasteiger partial charge in [-0.05, 0) is 43.1 Å². The summed E-state index contributed by atoms with van der Waals surface area (Å²) in [5, 5.41) is 14.6. The minimum atomic E-state index is -0.813. The molecule has 1 heterocycles. The number of carbonyl (C=O) groups is 2. The van der Waals surface area contributed by atoms with Crippen molar-refractivity contribution in [1.29, 1.82) is 0 Å². The first-order chi connectivity index (χ1) is 9.13. The fraction of sp³-hybridized carbons (Fsp3) is 0.429. The summed E-state index contributed by atoms with van der Waals surface area (Å²) < 4.78 is 0. The standard InChI is InChI=1S/C14H18N2O3/c17-13(7-11-8-15-9-11)16-12-3-1-2-10(6-12)4-5-14(18)19/h1-3,6,11,15H,4-5,7-9H2,(H,16,17)(H,18,19). The quantitative estimate of drug-likeness (QED) is 0.721. The molecule has 1 saturated heterocycles. The summed E-state index contributed by atoms with van der Waals surface area (Å²) in [6.07, 6.45) is 1.11. The molecule has 1 fully saturated rings. The molecule has 102 valence electrons. The van der Waals surface area contributed by atoms with E-state index in [1.807, 2.05) is 24.3 Å². The van der Waals surface area contributed by atoms with Crippen LogP contribution in [-0.4, -0.2) is 30.1 Å². The maximum Gasteiger partial charge on any atom is 0.303 e. The van der Waals surface area contributed by atoms with Crippen molar-refractivity contribution < 1.29 is 14.7 Å². The molecule has 3 N–H and O–H groups in total. The van der Waals surface area contributed by atoms with E-state index in [1.165, 1.54) is 0 Å². The van der Waals surface area contributed by atoms with E-state index < -0.39 is 5.97 Å². The van der Waals surface area contributed by atoms with E-state index in [0.29, 0.717) is 18.8 Å². The van der Waals surface area contributed by atoms with Gasteiger partial charge in [-0.3, -0.25) is 9.59 Å². The average Bonchev–Trinajstić information content (AvgIpc) is 2.32. The van der Waals surface area contributed by atoms with Gasteiger partial charge in [0.05, 0.1) is 0 Å². The molecule has 1 aromatic rings. The molecule has 0 aliphatic carbocycles. The second kappa shape index (κ2) is 6.33. The van der Waals surface area contributed by atoms with Crippen molar-refractivity contribution in [3.05, 3.63) is 29.8 Å². The number of hydrogen-bond acceptors (Lipinski definition) is 3. The number of hydrogen-bond donors (Lipinski definition) is 3. The molecule has 19 heavy (non-hydrogen) atoms. The van der Waals surface area contributed by atoms with Gasteiger partial charge in [0.25, 0.3) is 0 Å². The van der Waals surface area contributed by atoms with E-state index in [0.717, 1.165) is 24.3 Å². The molecular formula is C14H18N2O3. The Hall–Kier alpha value is -1.88. The Morgan fingerprint density at radius 2 is 2.16 bits per heavy atom. The predicted octanol–water partition coefficient (Wildman–Crippen LogP) is 1.25. The number of nitrogens with one attached hydrogen (secondary N) is 2. The molecule has 0 unspecified atom stereocenters. The minimum Gasteiger partial charge on any atom is -0.481 e. The Labute approximate surface area is 112 Å². The summed E-state index contributed by atoms with van der Waals surface area (Å²) in [6.45, 7) is 1.82. The number of carbonyl (C=O) groups excluding carboxylic acids is 1. The first kappa shape index (κ1) is 13.5. The highest BCUT2D eigenvalue weighted by atomic mass is 16.4. The number of anilines is 1. The van der Waals surface area contributed by atoms with Gasteiger partial charge in [0.15, 0.2) is 0 Å². The minimum absolute atomic E-state index is 0.0156. The molecule has 1 aromatic carbocycles. The van der Waals surface area contributed by atoms with Crippen molar-refractivity contribution >= 4 is 17.6 Å². The van der Waals surface area contributed by atoms with Crippen LogP contribution in [0.25, 0.3) is 0 Å². The first-order valence-corrected chi connectivity index (χ1v) is 6.45. The summed E-state index contributed by atoms with van der Waals surface area (Å²) in [6, 6.07) is 7.35. The van der Waals surface area contributed by atoms with Crippen LogP contribution in [-0.2, 0) is 16.0 Å². The maximum atomic E-state index is 11.8. The Bertz CT molecular complexity index is 470. The van der Waals surface area contributed by atoms with E-state index in [-0.39, 0.29) is 12.3 Å². The third-order valence-electron chi connectivity index (χ3n) is 3.18. The predicted molar refractivity (Wildman–Crippen MR) is 72.0 cm³/mol. The van der Waals surface area contributed by atoms with Crippen molar-refractivity contribution in [2.75, 3.05) is 18.4 Å². The molecular weight excluding hydrogens is 244 g/mol. The largest absolute Gasteiger partial charge is 0.481 e. The molecule has 1 amide bonds. The smallest absolute Gasteiger partial charge is 0.303 e. The number of amides is 1. The van der Waals surface area contributed by atoms with E-state index >= 15 is 0 Å². The average molecular weight is 262 g/mol. The summed E-state index contributed by atoms with van der Waals surface area (Å²) in [5.74, 6) is -0.357. The highest BCUT2D eigenvalue weighted by Crippen LogP contribution is 2.14. The molecule has 0 saturated carbocycles. The summed E-state index contributed by atoms with van der Waals surface area (Å²) in [7, 11) is 0. The molecule has 0 atom stereocenters. The topological polar surface area (TPSA) is 78.4 Å². The van der Waals surface area contributed by atoms with Gasteiger partial charge >= 0.3 is 5.97 Å². The van der Waals surface area contributed by atoms with Crippen LogP contribution >= 0.6 is 0 Å². The number of benzene rings is 1. The monoisotopic (exact) mass is 262 g/mol. The Morgan fingerprint density at radius 1 is 1.37 bits per heavy atom. The van der Waals surface area contributed by atoms with Crippen LogP contribution in [0, 0.1) is 5.92 Å². The van der Waals surface area contributed by atoms with Crippen molar-refractivity contribution in [2.45, 2.75) is 19.3 Å². The highest BCUT2D eigenvalue weighted by Gasteiger charge is 2.19. The molecule has 5 heteroatoms. The third kappa shape index (κ3) is 4.37. The summed E-state index contributed by atoms with van der Waals surface area (Å²) >= 11 is 0. The number of rotatable bonds is 6. The van der Waals surface area contributed by atoms with E-state index in [9.17, 15) is 9.59 Å². The zero-order chi connectivity index (χ0) is 13.7. The number of carboxylic acid groups (broad SMARTS) is 1. The van der Waals surface area contributed by atoms with Gasteiger partial charge in [-0.2, -0.15) is 0 Å². The van der Waals surface area contributed by atoms with Crippen LogP contribution in [0.1, 0.15) is 18.4 Å². The first-order valence-electron chi connectivity index (χ1n) is 6.45. The van der Waals surface area contributed by atoms with Crippen molar-refractivity contribution in [1.82, 2.24) is 5.32 Å². The Balaban J connectivity index is 1.86. The van der Waals surface area contributed by atoms with E-state index in [2.05, 4.69) is 10.6 Å². The molecule has 0 spiro atoms. The van der Waals surface area contributed by atoms with Gasteiger partial charge in [0.1, 0.15) is 0 Å². The van der Waals surface area contributed by atoms with Gasteiger partial charge in [0.2, 0.25) is 5.91 Å². The van der Waals surface area contributed by atoms with E-state index in [4.69, 9.17) is 5.11 Å².